The molecule has 84 valence electrons. The number of imidazole rings is 1. The van der Waals surface area contributed by atoms with Crippen LogP contribution < -0.4 is 5.69 Å². The number of hydrogen-bond acceptors (Lipinski definition) is 3. The smallest absolute Gasteiger partial charge is 0.324 e. The van der Waals surface area contributed by atoms with E-state index >= 15 is 0 Å². The Morgan fingerprint density at radius 3 is 2.59 bits per heavy atom. The van der Waals surface area contributed by atoms with Crippen LogP contribution in [-0.2, 0) is 0 Å². The number of benzene rings is 1. The molecule has 3 rings (SSSR count). The number of aromatic nitrogens is 4. The second kappa shape index (κ2) is 3.67. The van der Waals surface area contributed by atoms with E-state index in [1.54, 1.807) is 0 Å². The van der Waals surface area contributed by atoms with Gasteiger partial charge in [-0.2, -0.15) is 0 Å². The minimum absolute atomic E-state index is 0.297. The average molecular weight is 244 g/mol. The van der Waals surface area contributed by atoms with Crippen molar-refractivity contribution in [3.05, 3.63) is 45.5 Å². The van der Waals surface area contributed by atoms with E-state index in [1.807, 2.05) is 30.3 Å². The summed E-state index contributed by atoms with van der Waals surface area (Å²) in [6, 6.07) is 9.60. The van der Waals surface area contributed by atoms with Gasteiger partial charge in [-0.25, -0.2) is 9.78 Å². The van der Waals surface area contributed by atoms with E-state index in [0.29, 0.717) is 21.6 Å². The molecule has 17 heavy (non-hydrogen) atoms. The third-order valence-electron chi connectivity index (χ3n) is 2.44. The van der Waals surface area contributed by atoms with Crippen LogP contribution in [0.15, 0.2) is 35.1 Å². The first kappa shape index (κ1) is 9.98. The minimum atomic E-state index is -0.297. The fourth-order valence-corrected chi connectivity index (χ4v) is 1.92. The van der Waals surface area contributed by atoms with Crippen LogP contribution in [0.4, 0.5) is 0 Å². The van der Waals surface area contributed by atoms with E-state index in [-0.39, 0.29) is 5.69 Å². The number of hydrogen-bond donors (Lipinski definition) is 3. The molecule has 6 heteroatoms. The maximum Gasteiger partial charge on any atom is 0.325 e. The Morgan fingerprint density at radius 1 is 1.06 bits per heavy atom. The van der Waals surface area contributed by atoms with Crippen LogP contribution in [0.1, 0.15) is 0 Å². The molecule has 0 fully saturated rings. The molecule has 2 aromatic heterocycles. The van der Waals surface area contributed by atoms with Gasteiger partial charge in [-0.3, -0.25) is 4.98 Å². The molecule has 0 aliphatic heterocycles. The van der Waals surface area contributed by atoms with Gasteiger partial charge in [0, 0.05) is 5.56 Å². The summed E-state index contributed by atoms with van der Waals surface area (Å²) in [5, 5.41) is 0. The number of aromatic amines is 3. The van der Waals surface area contributed by atoms with Gasteiger partial charge in [0.1, 0.15) is 17.0 Å². The van der Waals surface area contributed by atoms with Crippen LogP contribution in [-0.4, -0.2) is 19.9 Å². The van der Waals surface area contributed by atoms with Crippen molar-refractivity contribution >= 4 is 23.4 Å². The number of fused-ring (bicyclic) bond motifs is 1. The average Bonchev–Trinajstić information content (AvgIpc) is 2.71. The van der Waals surface area contributed by atoms with Crippen LogP contribution in [0.3, 0.4) is 0 Å². The SMILES string of the molecule is O=c1[nH]c2[nH]c(-c3ccccc3)nc(=S)c2[nH]1. The van der Waals surface area contributed by atoms with Gasteiger partial charge in [0.15, 0.2) is 4.64 Å². The highest BCUT2D eigenvalue weighted by atomic mass is 32.1. The van der Waals surface area contributed by atoms with E-state index in [0.717, 1.165) is 5.56 Å². The van der Waals surface area contributed by atoms with Gasteiger partial charge in [-0.05, 0) is 0 Å². The first-order valence-electron chi connectivity index (χ1n) is 5.02. The molecule has 0 atom stereocenters. The highest BCUT2D eigenvalue weighted by Gasteiger charge is 2.05. The van der Waals surface area contributed by atoms with Crippen LogP contribution in [0.5, 0.6) is 0 Å². The van der Waals surface area contributed by atoms with Crippen LogP contribution in [0, 0.1) is 4.64 Å². The Labute approximate surface area is 101 Å². The molecule has 0 radical (unpaired) electrons. The number of rotatable bonds is 1. The first-order chi connectivity index (χ1) is 8.24. The quantitative estimate of drug-likeness (QED) is 0.573. The highest BCUT2D eigenvalue weighted by molar-refractivity contribution is 7.71. The van der Waals surface area contributed by atoms with E-state index in [2.05, 4.69) is 19.9 Å². The normalized spacial score (nSPS) is 10.8. The Morgan fingerprint density at radius 2 is 1.82 bits per heavy atom. The van der Waals surface area contributed by atoms with E-state index < -0.39 is 0 Å². The van der Waals surface area contributed by atoms with Crippen molar-refractivity contribution in [2.75, 3.05) is 0 Å². The largest absolute Gasteiger partial charge is 0.325 e. The van der Waals surface area contributed by atoms with Crippen molar-refractivity contribution < 1.29 is 0 Å². The summed E-state index contributed by atoms with van der Waals surface area (Å²) < 4.78 is 0.371. The summed E-state index contributed by atoms with van der Waals surface area (Å²) in [6.07, 6.45) is 0. The third-order valence-corrected chi connectivity index (χ3v) is 2.74. The van der Waals surface area contributed by atoms with Crippen molar-refractivity contribution in [1.82, 2.24) is 19.9 Å². The molecule has 1 aromatic carbocycles. The van der Waals surface area contributed by atoms with Crippen LogP contribution in [0.2, 0.25) is 0 Å². The van der Waals surface area contributed by atoms with Gasteiger partial charge in [-0.1, -0.05) is 42.5 Å². The summed E-state index contributed by atoms with van der Waals surface area (Å²) in [7, 11) is 0. The summed E-state index contributed by atoms with van der Waals surface area (Å²) in [4.78, 5) is 23.7. The summed E-state index contributed by atoms with van der Waals surface area (Å²) >= 11 is 5.13. The number of nitrogens with one attached hydrogen (secondary N) is 3. The van der Waals surface area contributed by atoms with Gasteiger partial charge >= 0.3 is 5.69 Å². The van der Waals surface area contributed by atoms with Crippen molar-refractivity contribution in [2.24, 2.45) is 0 Å². The Hall–Kier alpha value is -2.21. The molecule has 0 unspecified atom stereocenters. The summed E-state index contributed by atoms with van der Waals surface area (Å²) in [5.41, 5.74) is 1.72. The first-order valence-corrected chi connectivity index (χ1v) is 5.42. The second-order valence-electron chi connectivity index (χ2n) is 3.59. The standard InChI is InChI=1S/C11H8N4OS/c16-11-12-7-9(15-11)13-8(14-10(7)17)6-4-2-1-3-5-6/h1-5H,(H3,12,13,14,15,16,17). The molecule has 0 saturated heterocycles. The van der Waals surface area contributed by atoms with Crippen LogP contribution >= 0.6 is 12.2 Å². The minimum Gasteiger partial charge on any atom is -0.324 e. The van der Waals surface area contributed by atoms with Gasteiger partial charge in [0.2, 0.25) is 0 Å². The highest BCUT2D eigenvalue weighted by Crippen LogP contribution is 2.16. The zero-order valence-corrected chi connectivity index (χ0v) is 9.47. The lowest BCUT2D eigenvalue weighted by Gasteiger charge is -2.00. The number of nitrogens with zero attached hydrogens (tertiary/aromatic N) is 1. The molecule has 3 aromatic rings. The molecule has 0 amide bonds. The van der Waals surface area contributed by atoms with Crippen molar-refractivity contribution in [3.8, 4) is 11.4 Å². The van der Waals surface area contributed by atoms with E-state index in [9.17, 15) is 4.79 Å². The molecule has 0 aliphatic rings. The Bertz CT molecular complexity index is 784. The zero-order valence-electron chi connectivity index (χ0n) is 8.65. The van der Waals surface area contributed by atoms with Gasteiger partial charge in [-0.15, -0.1) is 0 Å². The van der Waals surface area contributed by atoms with Crippen molar-refractivity contribution in [2.45, 2.75) is 0 Å². The van der Waals surface area contributed by atoms with Gasteiger partial charge in [0.05, 0.1) is 0 Å². The van der Waals surface area contributed by atoms with Gasteiger partial charge < -0.3 is 9.97 Å². The summed E-state index contributed by atoms with van der Waals surface area (Å²) in [6.45, 7) is 0. The predicted octanol–water partition coefficient (Wildman–Crippen LogP) is 1.98. The lowest BCUT2D eigenvalue weighted by Crippen LogP contribution is -1.99. The molecule has 0 saturated carbocycles. The van der Waals surface area contributed by atoms with E-state index in [1.165, 1.54) is 0 Å². The fraction of sp³-hybridized carbons (Fsp3) is 0. The lowest BCUT2D eigenvalue weighted by molar-refractivity contribution is 1.18. The molecular formula is C11H8N4OS. The topological polar surface area (TPSA) is 77.3 Å². The maximum atomic E-state index is 11.2. The lowest BCUT2D eigenvalue weighted by atomic mass is 10.2. The molecule has 0 spiro atoms. The van der Waals surface area contributed by atoms with Crippen molar-refractivity contribution in [3.63, 3.8) is 0 Å². The molecule has 0 aliphatic carbocycles. The molecule has 5 nitrogen and oxygen atoms in total. The fourth-order valence-electron chi connectivity index (χ4n) is 1.67. The summed E-state index contributed by atoms with van der Waals surface area (Å²) in [5.74, 6) is 0.637. The maximum absolute atomic E-state index is 11.2. The molecule has 2 heterocycles. The molecule has 3 N–H and O–H groups in total. The van der Waals surface area contributed by atoms with Crippen LogP contribution in [0.25, 0.3) is 22.6 Å². The Balaban J connectivity index is 2.33. The van der Waals surface area contributed by atoms with Gasteiger partial charge in [0.25, 0.3) is 0 Å². The number of H-pyrrole nitrogens is 3. The Kier molecular flexibility index (Phi) is 2.15. The molecular weight excluding hydrogens is 236 g/mol. The third kappa shape index (κ3) is 1.68. The molecule has 0 bridgehead atoms. The second-order valence-corrected chi connectivity index (χ2v) is 3.97. The zero-order chi connectivity index (χ0) is 11.8. The monoisotopic (exact) mass is 244 g/mol. The van der Waals surface area contributed by atoms with E-state index in [4.69, 9.17) is 12.2 Å². The predicted molar refractivity (Wildman–Crippen MR) is 67.3 cm³/mol. The van der Waals surface area contributed by atoms with Crippen molar-refractivity contribution in [1.29, 1.82) is 0 Å².